The average Bonchev–Trinajstić information content (AvgIpc) is 2.88. The minimum atomic E-state index is -0.435. The van der Waals surface area contributed by atoms with Crippen molar-refractivity contribution in [1.82, 2.24) is 15.1 Å². The van der Waals surface area contributed by atoms with Gasteiger partial charge in [-0.2, -0.15) is 5.10 Å². The number of carbonyl (C=O) groups is 1. The second kappa shape index (κ2) is 7.36. The predicted molar refractivity (Wildman–Crippen MR) is 97.7 cm³/mol. The highest BCUT2D eigenvalue weighted by Crippen LogP contribution is 2.20. The van der Waals surface area contributed by atoms with Crippen LogP contribution in [0.5, 0.6) is 0 Å². The second-order valence-electron chi connectivity index (χ2n) is 6.85. The monoisotopic (exact) mass is 348 g/mol. The highest BCUT2D eigenvalue weighted by Gasteiger charge is 2.27. The summed E-state index contributed by atoms with van der Waals surface area (Å²) in [5, 5.41) is 8.02. The summed E-state index contributed by atoms with van der Waals surface area (Å²) in [6, 6.07) is 7.37. The number of carbonyl (C=O) groups excluding carboxylic acids is 1. The third-order valence-electron chi connectivity index (χ3n) is 4.03. The Labute approximate surface area is 148 Å². The molecular weight excluding hydrogens is 324 g/mol. The van der Waals surface area contributed by atoms with E-state index in [4.69, 9.17) is 17.3 Å². The van der Waals surface area contributed by atoms with Crippen molar-refractivity contribution in [3.8, 4) is 5.69 Å². The Kier molecular flexibility index (Phi) is 5.67. The molecule has 0 saturated heterocycles. The lowest BCUT2D eigenvalue weighted by Crippen LogP contribution is -2.52. The van der Waals surface area contributed by atoms with Gasteiger partial charge in [0.2, 0.25) is 0 Å². The molecule has 0 aliphatic rings. The topological polar surface area (TPSA) is 72.9 Å². The van der Waals surface area contributed by atoms with Crippen LogP contribution in [0.4, 0.5) is 0 Å². The Bertz CT molecular complexity index is 726. The average molecular weight is 349 g/mol. The first kappa shape index (κ1) is 18.5. The van der Waals surface area contributed by atoms with Crippen LogP contribution in [0.25, 0.3) is 5.69 Å². The number of hydrogen-bond donors (Lipinski definition) is 2. The number of aromatic nitrogens is 2. The number of nitrogens with zero attached hydrogens (tertiary/aromatic N) is 2. The number of nitrogens with one attached hydrogen (secondary N) is 1. The Morgan fingerprint density at radius 3 is 2.75 bits per heavy atom. The molecular formula is C18H25ClN4O. The van der Waals surface area contributed by atoms with Crippen LogP contribution in [0.2, 0.25) is 5.02 Å². The number of hydrogen-bond acceptors (Lipinski definition) is 3. The van der Waals surface area contributed by atoms with E-state index >= 15 is 0 Å². The van der Waals surface area contributed by atoms with Gasteiger partial charge < -0.3 is 11.1 Å². The first-order chi connectivity index (χ1) is 11.3. The van der Waals surface area contributed by atoms with E-state index in [1.165, 1.54) is 0 Å². The van der Waals surface area contributed by atoms with Gasteiger partial charge >= 0.3 is 0 Å². The molecule has 0 aliphatic carbocycles. The summed E-state index contributed by atoms with van der Waals surface area (Å²) in [6.45, 7) is 8.45. The summed E-state index contributed by atoms with van der Waals surface area (Å²) < 4.78 is 1.71. The van der Waals surface area contributed by atoms with Crippen molar-refractivity contribution in [2.75, 3.05) is 6.54 Å². The Morgan fingerprint density at radius 1 is 1.46 bits per heavy atom. The second-order valence-corrected chi connectivity index (χ2v) is 7.29. The van der Waals surface area contributed by atoms with E-state index in [0.717, 1.165) is 17.8 Å². The van der Waals surface area contributed by atoms with Gasteiger partial charge in [-0.05, 0) is 44.4 Å². The molecule has 5 nitrogen and oxygen atoms in total. The van der Waals surface area contributed by atoms with Crippen molar-refractivity contribution in [1.29, 1.82) is 0 Å². The molecule has 6 heteroatoms. The van der Waals surface area contributed by atoms with Crippen LogP contribution in [-0.2, 0) is 0 Å². The van der Waals surface area contributed by atoms with Gasteiger partial charge in [0.15, 0.2) is 0 Å². The number of benzene rings is 1. The lowest BCUT2D eigenvalue weighted by atomic mass is 9.90. The molecule has 0 radical (unpaired) electrons. The van der Waals surface area contributed by atoms with Gasteiger partial charge in [0.05, 0.1) is 23.1 Å². The molecule has 1 heterocycles. The molecule has 2 aromatic rings. The molecule has 24 heavy (non-hydrogen) atoms. The van der Waals surface area contributed by atoms with E-state index in [0.29, 0.717) is 23.0 Å². The fourth-order valence-electron chi connectivity index (χ4n) is 2.93. The Morgan fingerprint density at radius 2 is 2.17 bits per heavy atom. The number of halogens is 1. The molecule has 130 valence electrons. The van der Waals surface area contributed by atoms with Gasteiger partial charge in [-0.1, -0.05) is 31.5 Å². The van der Waals surface area contributed by atoms with E-state index in [-0.39, 0.29) is 5.91 Å². The van der Waals surface area contributed by atoms with Crippen LogP contribution < -0.4 is 11.1 Å². The van der Waals surface area contributed by atoms with Crippen molar-refractivity contribution in [3.05, 3.63) is 46.7 Å². The molecule has 1 unspecified atom stereocenters. The number of nitrogens with two attached hydrogens (primary N) is 1. The SMILES string of the molecule is Cc1c(C(=O)NC(C)(CN)CC(C)C)cnn1-c1cccc(Cl)c1. The third kappa shape index (κ3) is 4.16. The fraction of sp³-hybridized carbons (Fsp3) is 0.444. The zero-order valence-corrected chi connectivity index (χ0v) is 15.4. The van der Waals surface area contributed by atoms with Gasteiger partial charge in [-0.25, -0.2) is 4.68 Å². The lowest BCUT2D eigenvalue weighted by molar-refractivity contribution is 0.0897. The van der Waals surface area contributed by atoms with Gasteiger partial charge in [0, 0.05) is 17.1 Å². The molecule has 1 amide bonds. The van der Waals surface area contributed by atoms with Crippen LogP contribution >= 0.6 is 11.6 Å². The third-order valence-corrected chi connectivity index (χ3v) is 4.27. The standard InChI is InChI=1S/C18H25ClN4O/c1-12(2)9-18(4,11-20)22-17(24)16-10-21-23(13(16)3)15-7-5-6-14(19)8-15/h5-8,10,12H,9,11,20H2,1-4H3,(H,22,24). The van der Waals surface area contributed by atoms with Gasteiger partial charge in [-0.15, -0.1) is 0 Å². The van der Waals surface area contributed by atoms with E-state index in [9.17, 15) is 4.79 Å². The largest absolute Gasteiger partial charge is 0.345 e. The number of amides is 1. The molecule has 1 aromatic carbocycles. The molecule has 0 bridgehead atoms. The van der Waals surface area contributed by atoms with E-state index < -0.39 is 5.54 Å². The van der Waals surface area contributed by atoms with Crippen molar-refractivity contribution in [2.45, 2.75) is 39.7 Å². The van der Waals surface area contributed by atoms with E-state index in [1.54, 1.807) is 16.9 Å². The van der Waals surface area contributed by atoms with Crippen LogP contribution in [0.15, 0.2) is 30.5 Å². The maximum absolute atomic E-state index is 12.7. The van der Waals surface area contributed by atoms with Crippen molar-refractivity contribution >= 4 is 17.5 Å². The van der Waals surface area contributed by atoms with Crippen LogP contribution in [0.3, 0.4) is 0 Å². The maximum atomic E-state index is 12.7. The lowest BCUT2D eigenvalue weighted by Gasteiger charge is -2.31. The molecule has 0 saturated carbocycles. The minimum Gasteiger partial charge on any atom is -0.345 e. The summed E-state index contributed by atoms with van der Waals surface area (Å²) in [5.74, 6) is 0.281. The highest BCUT2D eigenvalue weighted by atomic mass is 35.5. The maximum Gasteiger partial charge on any atom is 0.255 e. The molecule has 0 spiro atoms. The van der Waals surface area contributed by atoms with Crippen molar-refractivity contribution < 1.29 is 4.79 Å². The Hall–Kier alpha value is -1.85. The summed E-state index contributed by atoms with van der Waals surface area (Å²) in [7, 11) is 0. The van der Waals surface area contributed by atoms with Crippen LogP contribution in [0.1, 0.15) is 43.2 Å². The molecule has 1 aromatic heterocycles. The summed E-state index contributed by atoms with van der Waals surface area (Å²) >= 11 is 6.04. The van der Waals surface area contributed by atoms with Crippen molar-refractivity contribution in [2.24, 2.45) is 11.7 Å². The highest BCUT2D eigenvalue weighted by molar-refractivity contribution is 6.30. The van der Waals surface area contributed by atoms with Crippen LogP contribution in [-0.4, -0.2) is 27.8 Å². The van der Waals surface area contributed by atoms with Crippen molar-refractivity contribution in [3.63, 3.8) is 0 Å². The van der Waals surface area contributed by atoms with E-state index in [2.05, 4.69) is 24.3 Å². The molecule has 1 atom stereocenters. The molecule has 0 fully saturated rings. The van der Waals surface area contributed by atoms with E-state index in [1.807, 2.05) is 32.0 Å². The zero-order chi connectivity index (χ0) is 17.9. The van der Waals surface area contributed by atoms with Gasteiger partial charge in [0.25, 0.3) is 5.91 Å². The predicted octanol–water partition coefficient (Wildman–Crippen LogP) is 3.33. The van der Waals surface area contributed by atoms with Gasteiger partial charge in [-0.3, -0.25) is 4.79 Å². The van der Waals surface area contributed by atoms with Gasteiger partial charge in [0.1, 0.15) is 0 Å². The summed E-state index contributed by atoms with van der Waals surface area (Å²) in [4.78, 5) is 12.7. The first-order valence-electron chi connectivity index (χ1n) is 8.09. The molecule has 0 aliphatic heterocycles. The number of rotatable bonds is 6. The first-order valence-corrected chi connectivity index (χ1v) is 8.46. The normalized spacial score (nSPS) is 13.8. The minimum absolute atomic E-state index is 0.158. The smallest absolute Gasteiger partial charge is 0.255 e. The molecule has 3 N–H and O–H groups in total. The van der Waals surface area contributed by atoms with Crippen LogP contribution in [0, 0.1) is 12.8 Å². The molecule has 2 rings (SSSR count). The summed E-state index contributed by atoms with van der Waals surface area (Å²) in [5.41, 5.74) is 7.57. The zero-order valence-electron chi connectivity index (χ0n) is 14.6. The fourth-order valence-corrected chi connectivity index (χ4v) is 3.11. The summed E-state index contributed by atoms with van der Waals surface area (Å²) in [6.07, 6.45) is 2.40. The Balaban J connectivity index is 2.25. The quantitative estimate of drug-likeness (QED) is 0.841.